The monoisotopic (exact) mass is 333 g/mol. The van der Waals surface area contributed by atoms with Gasteiger partial charge in [0.2, 0.25) is 0 Å². The average molecular weight is 333 g/mol. The Bertz CT molecular complexity index is 738. The number of carbonyl (C=O) groups is 2. The van der Waals surface area contributed by atoms with Crippen molar-refractivity contribution in [1.82, 2.24) is 15.4 Å². The number of carbonyl (C=O) groups excluding carboxylic acids is 2. The molecule has 2 aromatic rings. The minimum absolute atomic E-state index is 0.0988. The Balaban J connectivity index is 2.34. The summed E-state index contributed by atoms with van der Waals surface area (Å²) in [5.41, 5.74) is 0.786. The number of hydrogen-bond acceptors (Lipinski definition) is 3. The van der Waals surface area contributed by atoms with Crippen molar-refractivity contribution >= 4 is 11.8 Å². The maximum absolute atomic E-state index is 13.8. The molecule has 1 aromatic carbocycles. The van der Waals surface area contributed by atoms with Crippen LogP contribution in [0.5, 0.6) is 0 Å². The Labute approximate surface area is 138 Å². The quantitative estimate of drug-likeness (QED) is 0.860. The third kappa shape index (κ3) is 3.73. The van der Waals surface area contributed by atoms with Gasteiger partial charge in [-0.3, -0.25) is 20.0 Å². The maximum Gasteiger partial charge on any atom is 0.291 e. The summed E-state index contributed by atoms with van der Waals surface area (Å²) in [6.45, 7) is 5.02. The van der Waals surface area contributed by atoms with Crippen molar-refractivity contribution in [2.75, 3.05) is 0 Å². The lowest BCUT2D eigenvalue weighted by atomic mass is 10.1. The zero-order chi connectivity index (χ0) is 17.9. The Morgan fingerprint density at radius 3 is 2.17 bits per heavy atom. The van der Waals surface area contributed by atoms with Gasteiger partial charge in [-0.15, -0.1) is 0 Å². The van der Waals surface area contributed by atoms with Crippen LogP contribution in [0, 0.1) is 11.6 Å². The molecule has 126 valence electrons. The number of pyridine rings is 1. The summed E-state index contributed by atoms with van der Waals surface area (Å²) >= 11 is 0. The highest BCUT2D eigenvalue weighted by Gasteiger charge is 2.31. The molecule has 24 heavy (non-hydrogen) atoms. The second-order valence-corrected chi connectivity index (χ2v) is 6.06. The highest BCUT2D eigenvalue weighted by Crippen LogP contribution is 2.17. The molecule has 7 heteroatoms. The molecule has 0 radical (unpaired) electrons. The summed E-state index contributed by atoms with van der Waals surface area (Å²) in [6.07, 6.45) is 1.44. The van der Waals surface area contributed by atoms with Crippen molar-refractivity contribution in [1.29, 1.82) is 0 Å². The second-order valence-electron chi connectivity index (χ2n) is 6.06. The van der Waals surface area contributed by atoms with Crippen molar-refractivity contribution in [2.24, 2.45) is 0 Å². The number of nitrogens with zero attached hydrogens (tertiary/aromatic N) is 2. The van der Waals surface area contributed by atoms with Gasteiger partial charge in [-0.1, -0.05) is 12.1 Å². The first-order valence-electron chi connectivity index (χ1n) is 7.22. The molecule has 0 saturated carbocycles. The van der Waals surface area contributed by atoms with Crippen LogP contribution in [-0.4, -0.2) is 27.3 Å². The fourth-order valence-electron chi connectivity index (χ4n) is 2.00. The van der Waals surface area contributed by atoms with E-state index in [1.165, 1.54) is 12.3 Å². The minimum atomic E-state index is -1.05. The number of rotatable bonds is 2. The third-order valence-electron chi connectivity index (χ3n) is 3.16. The fourth-order valence-corrected chi connectivity index (χ4v) is 2.00. The lowest BCUT2D eigenvalue weighted by Gasteiger charge is -2.35. The number of hydrogen-bond donors (Lipinski definition) is 1. The standard InChI is InChI=1S/C17H17F2N3O2/c1-17(2,3)22(16(24)13-9-4-5-10-20-13)21-15(23)14-11(18)7-6-8-12(14)19/h4-10H,1-3H3,(H,21,23). The van der Waals surface area contributed by atoms with Crippen LogP contribution in [0.4, 0.5) is 8.78 Å². The molecule has 0 atom stereocenters. The van der Waals surface area contributed by atoms with Crippen LogP contribution in [0.25, 0.3) is 0 Å². The van der Waals surface area contributed by atoms with E-state index in [0.717, 1.165) is 23.2 Å². The topological polar surface area (TPSA) is 62.3 Å². The molecule has 1 aromatic heterocycles. The van der Waals surface area contributed by atoms with E-state index in [2.05, 4.69) is 10.4 Å². The Morgan fingerprint density at radius 1 is 1.04 bits per heavy atom. The smallest absolute Gasteiger partial charge is 0.267 e. The van der Waals surface area contributed by atoms with Gasteiger partial charge in [0.1, 0.15) is 22.9 Å². The van der Waals surface area contributed by atoms with Crippen molar-refractivity contribution < 1.29 is 18.4 Å². The van der Waals surface area contributed by atoms with E-state index in [1.807, 2.05) is 0 Å². The normalized spacial score (nSPS) is 11.0. The molecular formula is C17H17F2N3O2. The average Bonchev–Trinajstić information content (AvgIpc) is 2.51. The van der Waals surface area contributed by atoms with Crippen LogP contribution in [-0.2, 0) is 0 Å². The summed E-state index contributed by atoms with van der Waals surface area (Å²) in [4.78, 5) is 28.8. The zero-order valence-electron chi connectivity index (χ0n) is 13.5. The minimum Gasteiger partial charge on any atom is -0.267 e. The molecule has 0 aliphatic heterocycles. The Kier molecular flexibility index (Phi) is 4.92. The van der Waals surface area contributed by atoms with Crippen LogP contribution in [0.1, 0.15) is 41.6 Å². The van der Waals surface area contributed by atoms with E-state index < -0.39 is 34.6 Å². The summed E-state index contributed by atoms with van der Waals surface area (Å²) in [5.74, 6) is -3.66. The van der Waals surface area contributed by atoms with Crippen LogP contribution in [0.2, 0.25) is 0 Å². The first-order chi connectivity index (χ1) is 11.2. The molecule has 5 nitrogen and oxygen atoms in total. The van der Waals surface area contributed by atoms with Gasteiger partial charge in [0.25, 0.3) is 11.8 Å². The Hall–Kier alpha value is -2.83. The molecule has 0 aliphatic carbocycles. The van der Waals surface area contributed by atoms with E-state index in [1.54, 1.807) is 32.9 Å². The lowest BCUT2D eigenvalue weighted by Crippen LogP contribution is -2.56. The molecule has 0 unspecified atom stereocenters. The SMILES string of the molecule is CC(C)(C)N(NC(=O)c1c(F)cccc1F)C(=O)c1ccccn1. The number of aromatic nitrogens is 1. The van der Waals surface area contributed by atoms with E-state index in [-0.39, 0.29) is 5.69 Å². The maximum atomic E-state index is 13.8. The van der Waals surface area contributed by atoms with Crippen molar-refractivity contribution in [2.45, 2.75) is 26.3 Å². The molecule has 0 saturated heterocycles. The predicted molar refractivity (Wildman–Crippen MR) is 84.0 cm³/mol. The van der Waals surface area contributed by atoms with Gasteiger partial charge in [0, 0.05) is 6.20 Å². The molecule has 1 heterocycles. The van der Waals surface area contributed by atoms with E-state index in [0.29, 0.717) is 0 Å². The van der Waals surface area contributed by atoms with Gasteiger partial charge < -0.3 is 0 Å². The van der Waals surface area contributed by atoms with Gasteiger partial charge >= 0.3 is 0 Å². The molecule has 2 amide bonds. The van der Waals surface area contributed by atoms with Crippen molar-refractivity contribution in [3.05, 3.63) is 65.5 Å². The van der Waals surface area contributed by atoms with Gasteiger partial charge in [0.05, 0.1) is 5.54 Å². The van der Waals surface area contributed by atoms with E-state index in [4.69, 9.17) is 0 Å². The molecule has 2 rings (SSSR count). The number of amides is 2. The summed E-state index contributed by atoms with van der Waals surface area (Å²) in [7, 11) is 0. The van der Waals surface area contributed by atoms with Crippen LogP contribution >= 0.6 is 0 Å². The van der Waals surface area contributed by atoms with E-state index >= 15 is 0 Å². The third-order valence-corrected chi connectivity index (χ3v) is 3.16. The highest BCUT2D eigenvalue weighted by atomic mass is 19.1. The molecular weight excluding hydrogens is 316 g/mol. The molecule has 0 fully saturated rings. The summed E-state index contributed by atoms with van der Waals surface area (Å²) in [5, 5.41) is 1.00. The number of benzene rings is 1. The van der Waals surface area contributed by atoms with Crippen molar-refractivity contribution in [3.63, 3.8) is 0 Å². The molecule has 0 spiro atoms. The van der Waals surface area contributed by atoms with Crippen LogP contribution in [0.3, 0.4) is 0 Å². The highest BCUT2D eigenvalue weighted by molar-refractivity contribution is 5.98. The lowest BCUT2D eigenvalue weighted by molar-refractivity contribution is 0.0350. The first-order valence-corrected chi connectivity index (χ1v) is 7.22. The summed E-state index contributed by atoms with van der Waals surface area (Å²) < 4.78 is 27.5. The number of hydrazine groups is 1. The molecule has 0 aliphatic rings. The summed E-state index contributed by atoms with van der Waals surface area (Å²) in [6, 6.07) is 7.85. The van der Waals surface area contributed by atoms with Gasteiger partial charge in [-0.25, -0.2) is 13.8 Å². The Morgan fingerprint density at radius 2 is 1.67 bits per heavy atom. The van der Waals surface area contributed by atoms with Crippen LogP contribution < -0.4 is 5.43 Å². The zero-order valence-corrected chi connectivity index (χ0v) is 13.5. The van der Waals surface area contributed by atoms with Crippen molar-refractivity contribution in [3.8, 4) is 0 Å². The largest absolute Gasteiger partial charge is 0.291 e. The molecule has 1 N–H and O–H groups in total. The van der Waals surface area contributed by atoms with Gasteiger partial charge in [-0.2, -0.15) is 0 Å². The second kappa shape index (κ2) is 6.74. The van der Waals surface area contributed by atoms with Crippen LogP contribution in [0.15, 0.2) is 42.6 Å². The fraction of sp³-hybridized carbons (Fsp3) is 0.235. The van der Waals surface area contributed by atoms with Gasteiger partial charge in [0.15, 0.2) is 0 Å². The number of nitrogens with one attached hydrogen (secondary N) is 1. The van der Waals surface area contributed by atoms with Gasteiger partial charge in [-0.05, 0) is 45.0 Å². The number of halogens is 2. The first kappa shape index (κ1) is 17.5. The molecule has 0 bridgehead atoms. The van der Waals surface area contributed by atoms with E-state index in [9.17, 15) is 18.4 Å². The predicted octanol–water partition coefficient (Wildman–Crippen LogP) is 2.95.